The van der Waals surface area contributed by atoms with Crippen molar-refractivity contribution in [3.63, 3.8) is 0 Å². The minimum Gasteiger partial charge on any atom is -0.496 e. The third kappa shape index (κ3) is 3.38. The zero-order valence-electron chi connectivity index (χ0n) is 18.1. The average molecular weight is 502 g/mol. The number of methoxy groups -OCH3 is 1. The van der Waals surface area contributed by atoms with Crippen LogP contribution in [-0.2, 0) is 10.0 Å². The normalized spacial score (nSPS) is 20.1. The molecule has 2 aliphatic rings. The molecule has 6 rings (SSSR count). The van der Waals surface area contributed by atoms with Crippen molar-refractivity contribution in [2.75, 3.05) is 20.2 Å². The van der Waals surface area contributed by atoms with Gasteiger partial charge in [0.05, 0.1) is 12.7 Å². The van der Waals surface area contributed by atoms with Gasteiger partial charge < -0.3 is 9.26 Å². The van der Waals surface area contributed by atoms with E-state index in [1.54, 1.807) is 37.4 Å². The molecule has 0 bridgehead atoms. The number of nitrogens with zero attached hydrogens (tertiary/aromatic N) is 5. The first-order chi connectivity index (χ1) is 16.4. The number of rotatable bonds is 5. The fourth-order valence-electron chi connectivity index (χ4n) is 4.89. The first kappa shape index (κ1) is 21.5. The summed E-state index contributed by atoms with van der Waals surface area (Å²) in [7, 11) is -2.14. The van der Waals surface area contributed by atoms with E-state index in [1.807, 2.05) is 0 Å². The number of sulfonamides is 1. The van der Waals surface area contributed by atoms with E-state index in [9.17, 15) is 8.42 Å². The molecule has 1 spiro atoms. The highest BCUT2D eigenvalue weighted by molar-refractivity contribution is 7.89. The molecule has 4 aromatic rings. The van der Waals surface area contributed by atoms with Crippen molar-refractivity contribution in [2.24, 2.45) is 5.41 Å². The average Bonchev–Trinajstić information content (AvgIpc) is 3.22. The summed E-state index contributed by atoms with van der Waals surface area (Å²) in [5, 5.41) is 12.2. The second-order valence-corrected chi connectivity index (χ2v) is 11.1. The largest absolute Gasteiger partial charge is 0.496 e. The molecule has 34 heavy (non-hydrogen) atoms. The molecule has 0 N–H and O–H groups in total. The highest BCUT2D eigenvalue weighted by atomic mass is 35.5. The molecular formula is C22H20ClN5O5S. The van der Waals surface area contributed by atoms with Crippen LogP contribution in [0.15, 0.2) is 50.4 Å². The standard InChI is InChI=1S/C22H20ClN5O5S/c1-31-17-6-5-13(23)11-14(17)20-24-21(32-27-20)15-12-22(15)7-9-28(10-8-22)34(29,30)18-4-2-3-16-19(18)26-33-25-16/h2-6,11,15H,7-10,12H2,1H3. The van der Waals surface area contributed by atoms with Crippen molar-refractivity contribution in [2.45, 2.75) is 30.1 Å². The van der Waals surface area contributed by atoms with Crippen molar-refractivity contribution in [3.05, 3.63) is 47.3 Å². The van der Waals surface area contributed by atoms with E-state index in [4.69, 9.17) is 25.5 Å². The summed E-state index contributed by atoms with van der Waals surface area (Å²) in [6, 6.07) is 10.1. The molecule has 2 aromatic carbocycles. The van der Waals surface area contributed by atoms with Crippen LogP contribution in [0, 0.1) is 5.41 Å². The van der Waals surface area contributed by atoms with Crippen molar-refractivity contribution in [3.8, 4) is 17.1 Å². The summed E-state index contributed by atoms with van der Waals surface area (Å²) >= 11 is 6.13. The molecule has 2 aromatic heterocycles. The first-order valence-corrected chi connectivity index (χ1v) is 12.6. The van der Waals surface area contributed by atoms with Gasteiger partial charge >= 0.3 is 0 Å². The molecule has 3 heterocycles. The molecule has 1 saturated heterocycles. The van der Waals surface area contributed by atoms with Crippen molar-refractivity contribution < 1.29 is 22.3 Å². The number of fused-ring (bicyclic) bond motifs is 1. The maximum absolute atomic E-state index is 13.3. The Morgan fingerprint density at radius 1 is 1.15 bits per heavy atom. The van der Waals surface area contributed by atoms with Crippen molar-refractivity contribution in [1.82, 2.24) is 24.8 Å². The van der Waals surface area contributed by atoms with Crippen LogP contribution >= 0.6 is 11.6 Å². The predicted octanol–water partition coefficient (Wildman–Crippen LogP) is 3.89. The van der Waals surface area contributed by atoms with Crippen LogP contribution in [0.25, 0.3) is 22.4 Å². The number of ether oxygens (including phenoxy) is 1. The third-order valence-electron chi connectivity index (χ3n) is 6.92. The monoisotopic (exact) mass is 501 g/mol. The zero-order chi connectivity index (χ0) is 23.5. The smallest absolute Gasteiger partial charge is 0.245 e. The Kier molecular flexibility index (Phi) is 4.91. The molecule has 1 aliphatic carbocycles. The second kappa shape index (κ2) is 7.76. The molecule has 1 saturated carbocycles. The Morgan fingerprint density at radius 2 is 1.97 bits per heavy atom. The van der Waals surface area contributed by atoms with Crippen LogP contribution in [0.4, 0.5) is 0 Å². The summed E-state index contributed by atoms with van der Waals surface area (Å²) in [5.74, 6) is 1.70. The predicted molar refractivity (Wildman–Crippen MR) is 121 cm³/mol. The highest BCUT2D eigenvalue weighted by Crippen LogP contribution is 2.64. The lowest BCUT2D eigenvalue weighted by atomic mass is 9.92. The van der Waals surface area contributed by atoms with Gasteiger partial charge in [-0.1, -0.05) is 22.8 Å². The van der Waals surface area contributed by atoms with Gasteiger partial charge in [0.2, 0.25) is 21.7 Å². The third-order valence-corrected chi connectivity index (χ3v) is 9.08. The van der Waals surface area contributed by atoms with Crippen LogP contribution < -0.4 is 4.74 Å². The van der Waals surface area contributed by atoms with Gasteiger partial charge in [0.25, 0.3) is 0 Å². The quantitative estimate of drug-likeness (QED) is 0.400. The van der Waals surface area contributed by atoms with E-state index in [0.717, 1.165) is 6.42 Å². The maximum atomic E-state index is 13.3. The van der Waals surface area contributed by atoms with Gasteiger partial charge in [0.15, 0.2) is 5.52 Å². The van der Waals surface area contributed by atoms with Crippen molar-refractivity contribution in [1.29, 1.82) is 0 Å². The van der Waals surface area contributed by atoms with E-state index >= 15 is 0 Å². The number of hydrogen-bond acceptors (Lipinski definition) is 9. The highest BCUT2D eigenvalue weighted by Gasteiger charge is 2.59. The Balaban J connectivity index is 1.19. The van der Waals surface area contributed by atoms with Crippen LogP contribution in [0.1, 0.15) is 31.1 Å². The molecule has 0 radical (unpaired) electrons. The lowest BCUT2D eigenvalue weighted by Gasteiger charge is -2.31. The van der Waals surface area contributed by atoms with E-state index < -0.39 is 10.0 Å². The maximum Gasteiger partial charge on any atom is 0.245 e. The van der Waals surface area contributed by atoms with Gasteiger partial charge in [0, 0.05) is 24.0 Å². The Bertz CT molecular complexity index is 1490. The van der Waals surface area contributed by atoms with Crippen LogP contribution in [0.2, 0.25) is 5.02 Å². The van der Waals surface area contributed by atoms with Gasteiger partial charge in [0.1, 0.15) is 16.2 Å². The summed E-state index contributed by atoms with van der Waals surface area (Å²) in [4.78, 5) is 4.73. The van der Waals surface area contributed by atoms with E-state index in [1.165, 1.54) is 10.4 Å². The summed E-state index contributed by atoms with van der Waals surface area (Å²) in [6.45, 7) is 0.813. The minimum absolute atomic E-state index is 0.0320. The molecule has 1 atom stereocenters. The summed E-state index contributed by atoms with van der Waals surface area (Å²) in [5.41, 5.74) is 1.30. The summed E-state index contributed by atoms with van der Waals surface area (Å²) < 4.78 is 43.8. The fourth-order valence-corrected chi connectivity index (χ4v) is 6.64. The molecule has 1 aliphatic heterocycles. The van der Waals surface area contributed by atoms with Crippen LogP contribution in [0.3, 0.4) is 0 Å². The summed E-state index contributed by atoms with van der Waals surface area (Å²) in [6.07, 6.45) is 2.31. The minimum atomic E-state index is -3.71. The Hall–Kier alpha value is -3.02. The fraction of sp³-hybridized carbons (Fsp3) is 0.364. The molecule has 1 unspecified atom stereocenters. The van der Waals surface area contributed by atoms with Gasteiger partial charge in [-0.15, -0.1) is 0 Å². The van der Waals surface area contributed by atoms with Crippen molar-refractivity contribution >= 4 is 32.7 Å². The molecular weight excluding hydrogens is 482 g/mol. The van der Waals surface area contributed by atoms with Gasteiger partial charge in [-0.25, -0.2) is 13.0 Å². The lowest BCUT2D eigenvalue weighted by Crippen LogP contribution is -2.39. The Morgan fingerprint density at radius 3 is 2.76 bits per heavy atom. The van der Waals surface area contributed by atoms with Gasteiger partial charge in [-0.3, -0.25) is 0 Å². The number of hydrogen-bond donors (Lipinski definition) is 0. The SMILES string of the molecule is COc1ccc(Cl)cc1-c1noc(C2CC23CCN(S(=O)(=O)c2cccc4nonc24)CC3)n1. The zero-order valence-corrected chi connectivity index (χ0v) is 19.7. The first-order valence-electron chi connectivity index (χ1n) is 10.8. The van der Waals surface area contributed by atoms with E-state index in [2.05, 4.69) is 20.5 Å². The lowest BCUT2D eigenvalue weighted by molar-refractivity contribution is 0.242. The van der Waals surface area contributed by atoms with E-state index in [0.29, 0.717) is 59.5 Å². The number of benzene rings is 2. The molecule has 12 heteroatoms. The van der Waals surface area contributed by atoms with Gasteiger partial charge in [-0.2, -0.15) is 9.29 Å². The Labute approximate surface area is 199 Å². The van der Waals surface area contributed by atoms with Crippen LogP contribution in [0.5, 0.6) is 5.75 Å². The van der Waals surface area contributed by atoms with Gasteiger partial charge in [-0.05, 0) is 65.3 Å². The molecule has 176 valence electrons. The number of halogens is 1. The topological polar surface area (TPSA) is 124 Å². The van der Waals surface area contributed by atoms with E-state index in [-0.39, 0.29) is 21.7 Å². The number of piperidine rings is 1. The second-order valence-electron chi connectivity index (χ2n) is 8.71. The molecule has 2 fully saturated rings. The molecule has 10 nitrogen and oxygen atoms in total. The molecule has 0 amide bonds. The number of aromatic nitrogens is 4. The van der Waals surface area contributed by atoms with Crippen LogP contribution in [-0.4, -0.2) is 53.4 Å².